The van der Waals surface area contributed by atoms with E-state index in [9.17, 15) is 0 Å². The first kappa shape index (κ1) is 22.4. The summed E-state index contributed by atoms with van der Waals surface area (Å²) in [6.07, 6.45) is 2.53. The van der Waals surface area contributed by atoms with Gasteiger partial charge >= 0.3 is 0 Å². The molecular weight excluding hydrogens is 453 g/mol. The van der Waals surface area contributed by atoms with Crippen molar-refractivity contribution in [2.75, 3.05) is 45.9 Å². The van der Waals surface area contributed by atoms with E-state index in [1.165, 1.54) is 30.5 Å². The second-order valence-corrected chi connectivity index (χ2v) is 7.21. The Morgan fingerprint density at radius 1 is 1.19 bits per heavy atom. The van der Waals surface area contributed by atoms with Gasteiger partial charge in [0.25, 0.3) is 0 Å². The summed E-state index contributed by atoms with van der Waals surface area (Å²) in [6.45, 7) is 10.8. The largest absolute Gasteiger partial charge is 0.379 e. The van der Waals surface area contributed by atoms with E-state index in [1.807, 2.05) is 0 Å². The normalized spacial score (nSPS) is 21.8. The van der Waals surface area contributed by atoms with Gasteiger partial charge in [-0.05, 0) is 37.1 Å². The Morgan fingerprint density at radius 3 is 2.59 bits per heavy atom. The lowest BCUT2D eigenvalue weighted by molar-refractivity contribution is 0.0342. The molecule has 3 rings (SSSR count). The average molecular weight is 487 g/mol. The van der Waals surface area contributed by atoms with E-state index in [-0.39, 0.29) is 24.0 Å². The molecule has 2 aliphatic rings. The summed E-state index contributed by atoms with van der Waals surface area (Å²) in [6, 6.07) is 9.29. The Hall–Kier alpha value is -0.900. The lowest BCUT2D eigenvalue weighted by Gasteiger charge is -2.26. The maximum Gasteiger partial charge on any atom is 0.188 e. The Bertz CT molecular complexity index is 574. The SMILES string of the molecule is CCN1CCCC1CNC(N)=NCc1ccc(CN2CCOCC2)cc1.I. The van der Waals surface area contributed by atoms with Crippen molar-refractivity contribution in [1.82, 2.24) is 15.1 Å². The molecule has 2 fully saturated rings. The Morgan fingerprint density at radius 2 is 1.89 bits per heavy atom. The summed E-state index contributed by atoms with van der Waals surface area (Å²) >= 11 is 0. The van der Waals surface area contributed by atoms with Gasteiger partial charge in [0.05, 0.1) is 19.8 Å². The zero-order valence-corrected chi connectivity index (χ0v) is 18.7. The molecule has 0 amide bonds. The summed E-state index contributed by atoms with van der Waals surface area (Å²) in [7, 11) is 0. The van der Waals surface area contributed by atoms with Gasteiger partial charge in [-0.25, -0.2) is 4.99 Å². The van der Waals surface area contributed by atoms with Crippen LogP contribution in [0.5, 0.6) is 0 Å². The predicted molar refractivity (Wildman–Crippen MR) is 122 cm³/mol. The molecule has 0 aliphatic carbocycles. The van der Waals surface area contributed by atoms with Crippen molar-refractivity contribution in [2.45, 2.75) is 38.9 Å². The fourth-order valence-corrected chi connectivity index (χ4v) is 3.76. The van der Waals surface area contributed by atoms with Crippen LogP contribution in [-0.4, -0.2) is 67.7 Å². The molecule has 1 atom stereocenters. The number of benzene rings is 1. The van der Waals surface area contributed by atoms with Crippen molar-refractivity contribution in [2.24, 2.45) is 10.7 Å². The van der Waals surface area contributed by atoms with Gasteiger partial charge in [-0.2, -0.15) is 0 Å². The molecular formula is C20H34IN5O. The third kappa shape index (κ3) is 7.21. The minimum absolute atomic E-state index is 0. The number of nitrogens with zero attached hydrogens (tertiary/aromatic N) is 3. The van der Waals surface area contributed by atoms with Crippen molar-refractivity contribution in [3.05, 3.63) is 35.4 Å². The van der Waals surface area contributed by atoms with E-state index in [4.69, 9.17) is 10.5 Å². The number of rotatable bonds is 7. The van der Waals surface area contributed by atoms with Crippen LogP contribution in [0.1, 0.15) is 30.9 Å². The van der Waals surface area contributed by atoms with E-state index < -0.39 is 0 Å². The van der Waals surface area contributed by atoms with Gasteiger partial charge in [-0.3, -0.25) is 9.80 Å². The van der Waals surface area contributed by atoms with Crippen LogP contribution in [0.2, 0.25) is 0 Å². The monoisotopic (exact) mass is 487 g/mol. The number of morpholine rings is 1. The molecule has 152 valence electrons. The maximum absolute atomic E-state index is 6.04. The summed E-state index contributed by atoms with van der Waals surface area (Å²) in [5.74, 6) is 0.547. The van der Waals surface area contributed by atoms with Crippen LogP contribution >= 0.6 is 24.0 Å². The van der Waals surface area contributed by atoms with E-state index in [2.05, 4.69) is 51.3 Å². The Kier molecular flexibility index (Phi) is 9.81. The highest BCUT2D eigenvalue weighted by molar-refractivity contribution is 14.0. The van der Waals surface area contributed by atoms with Gasteiger partial charge in [-0.15, -0.1) is 24.0 Å². The minimum atomic E-state index is 0. The molecule has 0 aromatic heterocycles. The first-order valence-electron chi connectivity index (χ1n) is 9.90. The van der Waals surface area contributed by atoms with Crippen LogP contribution in [0, 0.1) is 0 Å². The van der Waals surface area contributed by atoms with Gasteiger partial charge < -0.3 is 15.8 Å². The first-order chi connectivity index (χ1) is 12.7. The fourth-order valence-electron chi connectivity index (χ4n) is 3.76. The predicted octanol–water partition coefficient (Wildman–Crippen LogP) is 2.03. The van der Waals surface area contributed by atoms with Crippen molar-refractivity contribution < 1.29 is 4.74 Å². The van der Waals surface area contributed by atoms with Crippen molar-refractivity contribution in [3.63, 3.8) is 0 Å². The summed E-state index contributed by atoms with van der Waals surface area (Å²) in [4.78, 5) is 9.43. The van der Waals surface area contributed by atoms with E-state index >= 15 is 0 Å². The van der Waals surface area contributed by atoms with Crippen LogP contribution in [0.25, 0.3) is 0 Å². The van der Waals surface area contributed by atoms with Gasteiger partial charge in [-0.1, -0.05) is 31.2 Å². The number of nitrogens with two attached hydrogens (primary N) is 1. The van der Waals surface area contributed by atoms with Crippen LogP contribution in [0.3, 0.4) is 0 Å². The second kappa shape index (κ2) is 11.8. The molecule has 2 heterocycles. The lowest BCUT2D eigenvalue weighted by atomic mass is 10.1. The molecule has 27 heavy (non-hydrogen) atoms. The van der Waals surface area contributed by atoms with Gasteiger partial charge in [0.2, 0.25) is 0 Å². The molecule has 1 unspecified atom stereocenters. The molecule has 2 saturated heterocycles. The number of hydrogen-bond acceptors (Lipinski definition) is 4. The quantitative estimate of drug-likeness (QED) is 0.350. The van der Waals surface area contributed by atoms with Gasteiger partial charge in [0, 0.05) is 32.2 Å². The number of likely N-dealkylation sites (N-methyl/N-ethyl adjacent to an activating group) is 1. The van der Waals surface area contributed by atoms with Gasteiger partial charge in [0.1, 0.15) is 0 Å². The van der Waals surface area contributed by atoms with E-state index in [0.717, 1.165) is 45.9 Å². The highest BCUT2D eigenvalue weighted by Gasteiger charge is 2.22. The third-order valence-corrected chi connectivity index (χ3v) is 5.39. The summed E-state index contributed by atoms with van der Waals surface area (Å²) in [5, 5.41) is 3.29. The fraction of sp³-hybridized carbons (Fsp3) is 0.650. The molecule has 0 saturated carbocycles. The Labute approximate surface area is 180 Å². The topological polar surface area (TPSA) is 66.1 Å². The first-order valence-corrected chi connectivity index (χ1v) is 9.90. The van der Waals surface area contributed by atoms with E-state index in [1.54, 1.807) is 0 Å². The number of aliphatic imine (C=N–C) groups is 1. The van der Waals surface area contributed by atoms with Gasteiger partial charge in [0.15, 0.2) is 5.96 Å². The molecule has 1 aromatic rings. The molecule has 6 nitrogen and oxygen atoms in total. The maximum atomic E-state index is 6.04. The van der Waals surface area contributed by atoms with Crippen molar-refractivity contribution in [1.29, 1.82) is 0 Å². The molecule has 0 bridgehead atoms. The molecule has 0 spiro atoms. The zero-order chi connectivity index (χ0) is 18.2. The molecule has 3 N–H and O–H groups in total. The number of hydrogen-bond donors (Lipinski definition) is 2. The lowest BCUT2D eigenvalue weighted by Crippen LogP contribution is -2.42. The second-order valence-electron chi connectivity index (χ2n) is 7.21. The highest BCUT2D eigenvalue weighted by atomic mass is 127. The Balaban J connectivity index is 0.00000261. The molecule has 0 radical (unpaired) electrons. The van der Waals surface area contributed by atoms with Crippen LogP contribution < -0.4 is 11.1 Å². The van der Waals surface area contributed by atoms with Crippen molar-refractivity contribution in [3.8, 4) is 0 Å². The van der Waals surface area contributed by atoms with Crippen molar-refractivity contribution >= 4 is 29.9 Å². The summed E-state index contributed by atoms with van der Waals surface area (Å²) in [5.41, 5.74) is 8.57. The average Bonchev–Trinajstić information content (AvgIpc) is 3.14. The number of nitrogens with one attached hydrogen (secondary N) is 1. The van der Waals surface area contributed by atoms with E-state index in [0.29, 0.717) is 18.5 Å². The smallest absolute Gasteiger partial charge is 0.188 e. The number of likely N-dealkylation sites (tertiary alicyclic amines) is 1. The molecule has 2 aliphatic heterocycles. The molecule has 1 aromatic carbocycles. The van der Waals surface area contributed by atoms with Crippen LogP contribution in [0.15, 0.2) is 29.3 Å². The zero-order valence-electron chi connectivity index (χ0n) is 16.4. The number of ether oxygens (including phenoxy) is 1. The third-order valence-electron chi connectivity index (χ3n) is 5.39. The molecule has 7 heteroatoms. The summed E-state index contributed by atoms with van der Waals surface area (Å²) < 4.78 is 5.40. The number of halogens is 1. The minimum Gasteiger partial charge on any atom is -0.379 e. The number of guanidine groups is 1. The standard InChI is InChI=1S/C20H33N5O.HI/c1-2-25-9-3-4-19(25)15-23-20(21)22-14-17-5-7-18(8-6-17)16-24-10-12-26-13-11-24;/h5-8,19H,2-4,9-16H2,1H3,(H3,21,22,23);1H. The highest BCUT2D eigenvalue weighted by Crippen LogP contribution is 2.15. The van der Waals surface area contributed by atoms with Crippen LogP contribution in [0.4, 0.5) is 0 Å². The van der Waals surface area contributed by atoms with Crippen LogP contribution in [-0.2, 0) is 17.8 Å².